The minimum Gasteiger partial charge on any atom is -0.306 e. The van der Waals surface area contributed by atoms with E-state index in [9.17, 15) is 0 Å². The molecule has 0 saturated heterocycles. The van der Waals surface area contributed by atoms with Gasteiger partial charge in [0.05, 0.1) is 0 Å². The van der Waals surface area contributed by atoms with Crippen molar-refractivity contribution in [2.45, 2.75) is 56.4 Å². The molecular weight excluding hydrogens is 285 g/mol. The predicted octanol–water partition coefficient (Wildman–Crippen LogP) is 3.96. The molecule has 0 aliphatic carbocycles. The molecule has 0 radical (unpaired) electrons. The lowest BCUT2D eigenvalue weighted by Crippen LogP contribution is -2.27. The zero-order valence-electron chi connectivity index (χ0n) is 10.4. The van der Waals surface area contributed by atoms with Crippen molar-refractivity contribution in [1.82, 2.24) is 4.90 Å². The van der Waals surface area contributed by atoms with Crippen molar-refractivity contribution >= 4 is 22.6 Å². The second kappa shape index (κ2) is 7.91. The Morgan fingerprint density at radius 2 is 1.71 bits per heavy atom. The molecule has 3 unspecified atom stereocenters. The van der Waals surface area contributed by atoms with Gasteiger partial charge in [0.2, 0.25) is 0 Å². The molecule has 2 heteroatoms. The fourth-order valence-electron chi connectivity index (χ4n) is 1.73. The maximum atomic E-state index is 2.54. The van der Waals surface area contributed by atoms with Gasteiger partial charge >= 0.3 is 0 Å². The van der Waals surface area contributed by atoms with Crippen LogP contribution >= 0.6 is 22.6 Å². The van der Waals surface area contributed by atoms with Gasteiger partial charge in [0.15, 0.2) is 0 Å². The average Bonchev–Trinajstić information content (AvgIpc) is 2.11. The van der Waals surface area contributed by atoms with E-state index < -0.39 is 0 Å². The smallest absolute Gasteiger partial charge is 0.0107 e. The Hall–Kier alpha value is 0.690. The van der Waals surface area contributed by atoms with Gasteiger partial charge < -0.3 is 4.90 Å². The van der Waals surface area contributed by atoms with Crippen LogP contribution in [0, 0.1) is 5.92 Å². The monoisotopic (exact) mass is 311 g/mol. The number of nitrogens with zero attached hydrogens (tertiary/aromatic N) is 1. The van der Waals surface area contributed by atoms with E-state index >= 15 is 0 Å². The molecule has 0 rings (SSSR count). The minimum absolute atomic E-state index is 0.784. The van der Waals surface area contributed by atoms with Crippen LogP contribution in [0.25, 0.3) is 0 Å². The SMILES string of the molecule is CCC(CCCC(C)C(C)I)N(C)C. The summed E-state index contributed by atoms with van der Waals surface area (Å²) < 4.78 is 0.812. The minimum atomic E-state index is 0.784. The van der Waals surface area contributed by atoms with Crippen molar-refractivity contribution in [2.75, 3.05) is 14.1 Å². The first-order valence-electron chi connectivity index (χ1n) is 5.79. The molecule has 0 aliphatic rings. The van der Waals surface area contributed by atoms with E-state index in [0.717, 1.165) is 15.9 Å². The van der Waals surface area contributed by atoms with Crippen molar-refractivity contribution in [2.24, 2.45) is 5.92 Å². The molecule has 0 heterocycles. The van der Waals surface area contributed by atoms with Gasteiger partial charge in [0, 0.05) is 9.97 Å². The first-order valence-corrected chi connectivity index (χ1v) is 7.04. The molecule has 86 valence electrons. The molecule has 3 atom stereocenters. The molecule has 0 amide bonds. The Bertz CT molecular complexity index is 134. The molecule has 0 saturated carbocycles. The van der Waals surface area contributed by atoms with Crippen LogP contribution in [-0.2, 0) is 0 Å². The average molecular weight is 311 g/mol. The van der Waals surface area contributed by atoms with Gasteiger partial charge in [0.25, 0.3) is 0 Å². The van der Waals surface area contributed by atoms with Crippen LogP contribution < -0.4 is 0 Å². The lowest BCUT2D eigenvalue weighted by atomic mass is 9.98. The topological polar surface area (TPSA) is 3.24 Å². The van der Waals surface area contributed by atoms with Crippen molar-refractivity contribution in [3.05, 3.63) is 0 Å². The van der Waals surface area contributed by atoms with Gasteiger partial charge in [-0.15, -0.1) is 0 Å². The predicted molar refractivity (Wildman–Crippen MR) is 74.3 cm³/mol. The van der Waals surface area contributed by atoms with Gasteiger partial charge in [-0.2, -0.15) is 0 Å². The van der Waals surface area contributed by atoms with E-state index in [1.165, 1.54) is 25.7 Å². The summed E-state index contributed by atoms with van der Waals surface area (Å²) in [4.78, 5) is 2.36. The maximum absolute atomic E-state index is 2.54. The highest BCUT2D eigenvalue weighted by Gasteiger charge is 2.11. The van der Waals surface area contributed by atoms with E-state index in [4.69, 9.17) is 0 Å². The van der Waals surface area contributed by atoms with Gasteiger partial charge in [-0.25, -0.2) is 0 Å². The van der Waals surface area contributed by atoms with E-state index in [2.05, 4.69) is 62.4 Å². The Morgan fingerprint density at radius 1 is 1.14 bits per heavy atom. The first-order chi connectivity index (χ1) is 6.49. The van der Waals surface area contributed by atoms with Crippen LogP contribution in [0.4, 0.5) is 0 Å². The molecule has 0 aromatic heterocycles. The summed E-state index contributed by atoms with van der Waals surface area (Å²) in [5.74, 6) is 0.871. The first kappa shape index (κ1) is 14.7. The van der Waals surface area contributed by atoms with Crippen LogP contribution in [0.15, 0.2) is 0 Å². The van der Waals surface area contributed by atoms with Crippen LogP contribution in [0.2, 0.25) is 0 Å². The van der Waals surface area contributed by atoms with E-state index in [1.54, 1.807) is 0 Å². The van der Waals surface area contributed by atoms with Gasteiger partial charge in [-0.05, 0) is 39.3 Å². The van der Waals surface area contributed by atoms with Crippen molar-refractivity contribution in [3.63, 3.8) is 0 Å². The molecule has 14 heavy (non-hydrogen) atoms. The number of hydrogen-bond donors (Lipinski definition) is 0. The molecule has 0 fully saturated rings. The summed E-state index contributed by atoms with van der Waals surface area (Å²) in [6.45, 7) is 6.97. The molecule has 0 bridgehead atoms. The van der Waals surface area contributed by atoms with Gasteiger partial charge in [-0.3, -0.25) is 0 Å². The van der Waals surface area contributed by atoms with E-state index in [-0.39, 0.29) is 0 Å². The lowest BCUT2D eigenvalue weighted by Gasteiger charge is -2.23. The normalized spacial score (nSPS) is 18.2. The van der Waals surface area contributed by atoms with Crippen molar-refractivity contribution < 1.29 is 0 Å². The van der Waals surface area contributed by atoms with Crippen LogP contribution in [-0.4, -0.2) is 29.0 Å². The summed E-state index contributed by atoms with van der Waals surface area (Å²) in [6.07, 6.45) is 5.40. The second-order valence-electron chi connectivity index (χ2n) is 4.61. The quantitative estimate of drug-likeness (QED) is 0.508. The number of hydrogen-bond acceptors (Lipinski definition) is 1. The highest BCUT2D eigenvalue weighted by molar-refractivity contribution is 14.1. The molecule has 0 N–H and O–H groups in total. The van der Waals surface area contributed by atoms with Crippen LogP contribution in [0.5, 0.6) is 0 Å². The fraction of sp³-hybridized carbons (Fsp3) is 1.00. The summed E-state index contributed by atoms with van der Waals surface area (Å²) in [5.41, 5.74) is 0. The number of alkyl halides is 1. The Morgan fingerprint density at radius 3 is 2.07 bits per heavy atom. The van der Waals surface area contributed by atoms with E-state index in [1.807, 2.05) is 0 Å². The van der Waals surface area contributed by atoms with E-state index in [0.29, 0.717) is 0 Å². The van der Waals surface area contributed by atoms with Crippen molar-refractivity contribution in [1.29, 1.82) is 0 Å². The third-order valence-corrected chi connectivity index (χ3v) is 4.41. The zero-order valence-corrected chi connectivity index (χ0v) is 12.5. The largest absolute Gasteiger partial charge is 0.306 e. The second-order valence-corrected chi connectivity index (χ2v) is 6.58. The molecule has 0 aromatic rings. The highest BCUT2D eigenvalue weighted by atomic mass is 127. The van der Waals surface area contributed by atoms with Crippen LogP contribution in [0.3, 0.4) is 0 Å². The number of rotatable bonds is 7. The molecule has 0 spiro atoms. The Labute approximate surface area is 104 Å². The summed E-state index contributed by atoms with van der Waals surface area (Å²) in [6, 6.07) is 0.784. The number of halogens is 1. The van der Waals surface area contributed by atoms with Gasteiger partial charge in [0.1, 0.15) is 0 Å². The summed E-state index contributed by atoms with van der Waals surface area (Å²) in [5, 5.41) is 0. The highest BCUT2D eigenvalue weighted by Crippen LogP contribution is 2.20. The summed E-state index contributed by atoms with van der Waals surface area (Å²) >= 11 is 2.54. The zero-order chi connectivity index (χ0) is 11.1. The maximum Gasteiger partial charge on any atom is 0.0107 e. The third-order valence-electron chi connectivity index (χ3n) is 3.18. The van der Waals surface area contributed by atoms with Gasteiger partial charge in [-0.1, -0.05) is 49.8 Å². The molecule has 0 aromatic carbocycles. The summed E-state index contributed by atoms with van der Waals surface area (Å²) in [7, 11) is 4.39. The van der Waals surface area contributed by atoms with Crippen LogP contribution in [0.1, 0.15) is 46.5 Å². The third kappa shape index (κ3) is 6.23. The fourth-order valence-corrected chi connectivity index (χ4v) is 2.09. The molecular formula is C12H26IN. The molecule has 0 aliphatic heterocycles. The Kier molecular flexibility index (Phi) is 8.30. The standard InChI is InChI=1S/C12H26IN/c1-6-12(14(4)5)9-7-8-10(2)11(3)13/h10-12H,6-9H2,1-5H3. The Balaban J connectivity index is 3.61. The lowest BCUT2D eigenvalue weighted by molar-refractivity contribution is 0.261. The van der Waals surface area contributed by atoms with Crippen molar-refractivity contribution in [3.8, 4) is 0 Å². The molecule has 1 nitrogen and oxygen atoms in total.